The molecule has 2 atom stereocenters. The van der Waals surface area contributed by atoms with Gasteiger partial charge in [-0.15, -0.1) is 0 Å². The lowest BCUT2D eigenvalue weighted by atomic mass is 9.64. The van der Waals surface area contributed by atoms with Crippen molar-refractivity contribution >= 4 is 5.82 Å². The molecule has 1 aliphatic carbocycles. The van der Waals surface area contributed by atoms with Crippen LogP contribution in [0.3, 0.4) is 0 Å². The summed E-state index contributed by atoms with van der Waals surface area (Å²) in [7, 11) is 0. The van der Waals surface area contributed by atoms with Crippen molar-refractivity contribution in [3.05, 3.63) is 22.7 Å². The molecule has 0 amide bonds. The molecule has 1 saturated carbocycles. The largest absolute Gasteiger partial charge is 0.392 e. The van der Waals surface area contributed by atoms with E-state index < -0.39 is 0 Å². The molecule has 5 heteroatoms. The molecular weight excluding hydrogens is 230 g/mol. The molecule has 0 saturated heterocycles. The second-order valence-electron chi connectivity index (χ2n) is 5.85. The highest BCUT2D eigenvalue weighted by molar-refractivity contribution is 5.35. The Morgan fingerprint density at radius 1 is 1.56 bits per heavy atom. The number of anilines is 1. The van der Waals surface area contributed by atoms with Gasteiger partial charge in [-0.05, 0) is 20.3 Å². The molecule has 2 unspecified atom stereocenters. The molecule has 0 spiro atoms. The van der Waals surface area contributed by atoms with E-state index in [1.54, 1.807) is 17.0 Å². The fraction of sp³-hybridized carbons (Fsp3) is 0.692. The van der Waals surface area contributed by atoms with Gasteiger partial charge in [0, 0.05) is 29.9 Å². The Labute approximate surface area is 107 Å². The van der Waals surface area contributed by atoms with E-state index in [0.717, 1.165) is 0 Å². The maximum Gasteiger partial charge on any atom is 0.293 e. The van der Waals surface area contributed by atoms with Crippen LogP contribution in [0.25, 0.3) is 0 Å². The summed E-state index contributed by atoms with van der Waals surface area (Å²) in [4.78, 5) is 16.3. The van der Waals surface area contributed by atoms with Gasteiger partial charge in [-0.3, -0.25) is 4.79 Å². The minimum absolute atomic E-state index is 0.0933. The highest BCUT2D eigenvalue weighted by Gasteiger charge is 2.47. The zero-order valence-electron chi connectivity index (χ0n) is 11.3. The van der Waals surface area contributed by atoms with Crippen molar-refractivity contribution in [1.82, 2.24) is 9.55 Å². The van der Waals surface area contributed by atoms with Gasteiger partial charge in [-0.2, -0.15) is 0 Å². The first kappa shape index (κ1) is 13.1. The second-order valence-corrected chi connectivity index (χ2v) is 5.85. The summed E-state index contributed by atoms with van der Waals surface area (Å²) in [5, 5.41) is 12.9. The number of nitrogens with one attached hydrogen (secondary N) is 1. The quantitative estimate of drug-likeness (QED) is 0.852. The van der Waals surface area contributed by atoms with E-state index >= 15 is 0 Å². The number of aromatic nitrogens is 2. The van der Waals surface area contributed by atoms with Gasteiger partial charge in [-0.1, -0.05) is 13.8 Å². The smallest absolute Gasteiger partial charge is 0.293 e. The average Bonchev–Trinajstić information content (AvgIpc) is 2.30. The van der Waals surface area contributed by atoms with Crippen LogP contribution in [0.5, 0.6) is 0 Å². The van der Waals surface area contributed by atoms with E-state index in [1.165, 1.54) is 0 Å². The molecule has 18 heavy (non-hydrogen) atoms. The third kappa shape index (κ3) is 2.03. The highest BCUT2D eigenvalue weighted by Crippen LogP contribution is 2.41. The van der Waals surface area contributed by atoms with E-state index in [1.807, 2.05) is 27.7 Å². The maximum absolute atomic E-state index is 12.2. The summed E-state index contributed by atoms with van der Waals surface area (Å²) in [6.07, 6.45) is 3.67. The number of hydrogen-bond donors (Lipinski definition) is 2. The third-order valence-electron chi connectivity index (χ3n) is 3.95. The van der Waals surface area contributed by atoms with Gasteiger partial charge in [-0.25, -0.2) is 4.98 Å². The summed E-state index contributed by atoms with van der Waals surface area (Å²) in [5.74, 6) is 0.371. The van der Waals surface area contributed by atoms with Crippen molar-refractivity contribution in [3.63, 3.8) is 0 Å². The lowest BCUT2D eigenvalue weighted by molar-refractivity contribution is -0.0512. The van der Waals surface area contributed by atoms with Crippen molar-refractivity contribution in [2.75, 3.05) is 5.32 Å². The van der Waals surface area contributed by atoms with Gasteiger partial charge in [0.15, 0.2) is 5.82 Å². The Kier molecular flexibility index (Phi) is 3.19. The van der Waals surface area contributed by atoms with E-state index in [9.17, 15) is 9.90 Å². The SMILES string of the molecule is CC(C)n1ccnc(NC2CC(O)C2(C)C)c1=O. The molecule has 1 heterocycles. The fourth-order valence-electron chi connectivity index (χ4n) is 2.24. The molecule has 0 bridgehead atoms. The molecule has 0 aliphatic heterocycles. The first-order chi connectivity index (χ1) is 8.34. The fourth-order valence-corrected chi connectivity index (χ4v) is 2.24. The molecule has 1 aromatic heterocycles. The third-order valence-corrected chi connectivity index (χ3v) is 3.95. The summed E-state index contributed by atoms with van der Waals surface area (Å²) in [6.45, 7) is 7.90. The van der Waals surface area contributed by atoms with E-state index in [-0.39, 0.29) is 29.2 Å². The van der Waals surface area contributed by atoms with Gasteiger partial charge >= 0.3 is 0 Å². The Morgan fingerprint density at radius 3 is 2.72 bits per heavy atom. The predicted molar refractivity (Wildman–Crippen MR) is 70.7 cm³/mol. The minimum atomic E-state index is -0.314. The van der Waals surface area contributed by atoms with Crippen LogP contribution in [0.1, 0.15) is 40.2 Å². The lowest BCUT2D eigenvalue weighted by Crippen LogP contribution is -2.57. The Balaban J connectivity index is 2.21. The standard InChI is InChI=1S/C13H21N3O2/c1-8(2)16-6-5-14-11(12(16)18)15-9-7-10(17)13(9,3)4/h5-6,8-10,17H,7H2,1-4H3,(H,14,15). The summed E-state index contributed by atoms with van der Waals surface area (Å²) in [5.41, 5.74) is -0.322. The molecule has 100 valence electrons. The van der Waals surface area contributed by atoms with Crippen molar-refractivity contribution in [3.8, 4) is 0 Å². The number of aliphatic hydroxyl groups excluding tert-OH is 1. The molecular formula is C13H21N3O2. The lowest BCUT2D eigenvalue weighted by Gasteiger charge is -2.49. The number of hydrogen-bond acceptors (Lipinski definition) is 4. The first-order valence-corrected chi connectivity index (χ1v) is 6.35. The topological polar surface area (TPSA) is 67.2 Å². The van der Waals surface area contributed by atoms with Crippen LogP contribution in [-0.4, -0.2) is 26.8 Å². The van der Waals surface area contributed by atoms with Crippen molar-refractivity contribution in [2.24, 2.45) is 5.41 Å². The van der Waals surface area contributed by atoms with E-state index in [2.05, 4.69) is 10.3 Å². The molecule has 0 aromatic carbocycles. The van der Waals surface area contributed by atoms with Gasteiger partial charge in [0.05, 0.1) is 6.10 Å². The molecule has 5 nitrogen and oxygen atoms in total. The average molecular weight is 251 g/mol. The van der Waals surface area contributed by atoms with Crippen molar-refractivity contribution in [2.45, 2.75) is 52.3 Å². The summed E-state index contributed by atoms with van der Waals surface area (Å²) in [6, 6.07) is 0.205. The number of aliphatic hydroxyl groups is 1. The normalized spacial score (nSPS) is 25.9. The zero-order chi connectivity index (χ0) is 13.5. The molecule has 2 rings (SSSR count). The molecule has 1 aromatic rings. The predicted octanol–water partition coefficient (Wildman–Crippen LogP) is 1.40. The van der Waals surface area contributed by atoms with Crippen molar-refractivity contribution in [1.29, 1.82) is 0 Å². The molecule has 1 aliphatic rings. The number of rotatable bonds is 3. The van der Waals surface area contributed by atoms with Crippen LogP contribution in [0.4, 0.5) is 5.82 Å². The maximum atomic E-state index is 12.2. The first-order valence-electron chi connectivity index (χ1n) is 6.35. The van der Waals surface area contributed by atoms with Gasteiger partial charge in [0.2, 0.25) is 0 Å². The van der Waals surface area contributed by atoms with E-state index in [0.29, 0.717) is 12.2 Å². The van der Waals surface area contributed by atoms with Gasteiger partial charge in [0.25, 0.3) is 5.56 Å². The minimum Gasteiger partial charge on any atom is -0.392 e. The highest BCUT2D eigenvalue weighted by atomic mass is 16.3. The summed E-state index contributed by atoms with van der Waals surface area (Å²) >= 11 is 0. The van der Waals surface area contributed by atoms with E-state index in [4.69, 9.17) is 0 Å². The van der Waals surface area contributed by atoms with Gasteiger partial charge in [0.1, 0.15) is 0 Å². The zero-order valence-corrected chi connectivity index (χ0v) is 11.3. The van der Waals surface area contributed by atoms with Crippen LogP contribution in [0.15, 0.2) is 17.2 Å². The van der Waals surface area contributed by atoms with Gasteiger partial charge < -0.3 is 15.0 Å². The van der Waals surface area contributed by atoms with Crippen LogP contribution in [0.2, 0.25) is 0 Å². The molecule has 2 N–H and O–H groups in total. The number of nitrogens with zero attached hydrogens (tertiary/aromatic N) is 2. The van der Waals surface area contributed by atoms with Crippen LogP contribution in [0, 0.1) is 5.41 Å². The monoisotopic (exact) mass is 251 g/mol. The Bertz CT molecular complexity index is 493. The van der Waals surface area contributed by atoms with Crippen LogP contribution < -0.4 is 10.9 Å². The van der Waals surface area contributed by atoms with Crippen molar-refractivity contribution < 1.29 is 5.11 Å². The Hall–Kier alpha value is -1.36. The van der Waals surface area contributed by atoms with Crippen LogP contribution in [-0.2, 0) is 0 Å². The second kappa shape index (κ2) is 4.39. The molecule has 1 fully saturated rings. The molecule has 0 radical (unpaired) electrons. The summed E-state index contributed by atoms with van der Waals surface area (Å²) < 4.78 is 1.65. The Morgan fingerprint density at radius 2 is 2.22 bits per heavy atom. The van der Waals surface area contributed by atoms with Crippen LogP contribution >= 0.6 is 0 Å².